The Labute approximate surface area is 161 Å². The van der Waals surface area contributed by atoms with Crippen molar-refractivity contribution in [2.45, 2.75) is 33.7 Å². The highest BCUT2D eigenvalue weighted by Gasteiger charge is 2.09. The quantitative estimate of drug-likeness (QED) is 0.364. The van der Waals surface area contributed by atoms with Crippen molar-refractivity contribution in [1.29, 1.82) is 0 Å². The van der Waals surface area contributed by atoms with E-state index in [4.69, 9.17) is 0 Å². The fourth-order valence-electron chi connectivity index (χ4n) is 2.15. The smallest absolute Gasteiger partial charge is 0.224 e. The number of halogens is 2. The average Bonchev–Trinajstić information content (AvgIpc) is 2.55. The number of carbonyl (C=O) groups is 1. The Bertz CT molecular complexity index is 521. The molecule has 2 N–H and O–H groups in total. The lowest BCUT2D eigenvalue weighted by atomic mass is 10.2. The zero-order valence-corrected chi connectivity index (χ0v) is 17.0. The van der Waals surface area contributed by atoms with Crippen molar-refractivity contribution in [1.82, 2.24) is 15.5 Å². The molecule has 0 aromatic heterocycles. The van der Waals surface area contributed by atoms with E-state index >= 15 is 0 Å². The number of amides is 1. The lowest BCUT2D eigenvalue weighted by molar-refractivity contribution is -0.130. The number of benzene rings is 1. The normalized spacial score (nSPS) is 10.8. The highest BCUT2D eigenvalue weighted by molar-refractivity contribution is 14.0. The van der Waals surface area contributed by atoms with Gasteiger partial charge in [-0.2, -0.15) is 0 Å². The molecule has 5 nitrogen and oxygen atoms in total. The standard InChI is InChI=1S/C17H27FN4O.HI/c1-4-19-17(20-12-11-16(23)22(5-2)6-3)21-13-14-9-7-8-10-15(14)18;/h7-10H,4-6,11-13H2,1-3H3,(H2,19,20,21);1H. The van der Waals surface area contributed by atoms with Crippen LogP contribution in [0.3, 0.4) is 0 Å². The van der Waals surface area contributed by atoms with Crippen molar-refractivity contribution in [3.63, 3.8) is 0 Å². The van der Waals surface area contributed by atoms with E-state index in [2.05, 4.69) is 15.6 Å². The first-order valence-electron chi connectivity index (χ1n) is 8.15. The molecule has 1 rings (SSSR count). The number of nitrogens with zero attached hydrogens (tertiary/aromatic N) is 2. The van der Waals surface area contributed by atoms with Crippen LogP contribution in [0, 0.1) is 5.82 Å². The molecule has 7 heteroatoms. The molecule has 0 spiro atoms. The summed E-state index contributed by atoms with van der Waals surface area (Å²) in [5.74, 6) is 0.444. The minimum absolute atomic E-state index is 0. The van der Waals surface area contributed by atoms with Crippen LogP contribution in [0.15, 0.2) is 29.3 Å². The topological polar surface area (TPSA) is 56.7 Å². The Hall–Kier alpha value is -1.38. The van der Waals surface area contributed by atoms with Crippen molar-refractivity contribution in [2.75, 3.05) is 26.2 Å². The van der Waals surface area contributed by atoms with Crippen LogP contribution in [0.25, 0.3) is 0 Å². The van der Waals surface area contributed by atoms with Crippen LogP contribution >= 0.6 is 24.0 Å². The fourth-order valence-corrected chi connectivity index (χ4v) is 2.15. The minimum Gasteiger partial charge on any atom is -0.357 e. The maximum Gasteiger partial charge on any atom is 0.224 e. The molecule has 0 fully saturated rings. The van der Waals surface area contributed by atoms with Gasteiger partial charge in [0.1, 0.15) is 5.82 Å². The van der Waals surface area contributed by atoms with Gasteiger partial charge in [-0.3, -0.25) is 4.79 Å². The average molecular weight is 450 g/mol. The summed E-state index contributed by atoms with van der Waals surface area (Å²) in [7, 11) is 0. The maximum absolute atomic E-state index is 13.6. The first kappa shape index (κ1) is 22.6. The Kier molecular flexibility index (Phi) is 12.2. The molecule has 0 atom stereocenters. The molecular formula is C17H28FIN4O. The summed E-state index contributed by atoms with van der Waals surface area (Å²) in [6, 6.07) is 6.59. The second-order valence-corrected chi connectivity index (χ2v) is 5.03. The molecule has 0 radical (unpaired) electrons. The number of aliphatic imine (C=N–C) groups is 1. The molecule has 0 bridgehead atoms. The van der Waals surface area contributed by atoms with Gasteiger partial charge in [0.25, 0.3) is 0 Å². The van der Waals surface area contributed by atoms with Gasteiger partial charge < -0.3 is 15.5 Å². The first-order chi connectivity index (χ1) is 11.1. The maximum atomic E-state index is 13.6. The van der Waals surface area contributed by atoms with Crippen LogP contribution in [0.1, 0.15) is 32.8 Å². The van der Waals surface area contributed by atoms with Gasteiger partial charge in [-0.1, -0.05) is 18.2 Å². The molecule has 0 aliphatic carbocycles. The lowest BCUT2D eigenvalue weighted by Gasteiger charge is -2.19. The molecule has 1 aromatic rings. The fraction of sp³-hybridized carbons (Fsp3) is 0.529. The molecule has 0 saturated heterocycles. The molecule has 136 valence electrons. The van der Waals surface area contributed by atoms with Gasteiger partial charge in [0.15, 0.2) is 5.96 Å². The van der Waals surface area contributed by atoms with E-state index < -0.39 is 0 Å². The van der Waals surface area contributed by atoms with Crippen LogP contribution in [0.2, 0.25) is 0 Å². The molecular weight excluding hydrogens is 422 g/mol. The summed E-state index contributed by atoms with van der Waals surface area (Å²) in [5, 5.41) is 6.21. The van der Waals surface area contributed by atoms with Crippen molar-refractivity contribution in [2.24, 2.45) is 4.99 Å². The van der Waals surface area contributed by atoms with Gasteiger partial charge in [-0.15, -0.1) is 24.0 Å². The van der Waals surface area contributed by atoms with Crippen LogP contribution < -0.4 is 10.6 Å². The van der Waals surface area contributed by atoms with Gasteiger partial charge in [0.05, 0.1) is 6.54 Å². The van der Waals surface area contributed by atoms with Crippen LogP contribution in [-0.2, 0) is 11.3 Å². The van der Waals surface area contributed by atoms with E-state index in [1.807, 2.05) is 20.8 Å². The minimum atomic E-state index is -0.260. The Morgan fingerprint density at radius 3 is 2.42 bits per heavy atom. The Morgan fingerprint density at radius 2 is 1.83 bits per heavy atom. The van der Waals surface area contributed by atoms with Gasteiger partial charge in [-0.25, -0.2) is 9.38 Å². The predicted octanol–water partition coefficient (Wildman–Crippen LogP) is 2.76. The number of hydrogen-bond acceptors (Lipinski definition) is 2. The second kappa shape index (κ2) is 13.0. The molecule has 1 aromatic carbocycles. The summed E-state index contributed by atoms with van der Waals surface area (Å²) in [6.45, 7) is 8.79. The number of carbonyl (C=O) groups excluding carboxylic acids is 1. The van der Waals surface area contributed by atoms with Gasteiger partial charge in [0.2, 0.25) is 5.91 Å². The highest BCUT2D eigenvalue weighted by Crippen LogP contribution is 2.07. The molecule has 0 aliphatic rings. The number of hydrogen-bond donors (Lipinski definition) is 2. The number of rotatable bonds is 8. The monoisotopic (exact) mass is 450 g/mol. The summed E-state index contributed by atoms with van der Waals surface area (Å²) in [6.07, 6.45) is 0.409. The second-order valence-electron chi connectivity index (χ2n) is 5.03. The Morgan fingerprint density at radius 1 is 1.17 bits per heavy atom. The van der Waals surface area contributed by atoms with Crippen LogP contribution in [0.5, 0.6) is 0 Å². The molecule has 24 heavy (non-hydrogen) atoms. The van der Waals surface area contributed by atoms with Crippen molar-refractivity contribution in [3.05, 3.63) is 35.6 Å². The zero-order valence-electron chi connectivity index (χ0n) is 14.6. The third-order valence-electron chi connectivity index (χ3n) is 3.46. The van der Waals surface area contributed by atoms with Crippen molar-refractivity contribution >= 4 is 35.8 Å². The van der Waals surface area contributed by atoms with E-state index in [1.54, 1.807) is 23.1 Å². The van der Waals surface area contributed by atoms with Crippen molar-refractivity contribution in [3.8, 4) is 0 Å². The van der Waals surface area contributed by atoms with E-state index in [-0.39, 0.29) is 42.2 Å². The Balaban J connectivity index is 0.00000529. The summed E-state index contributed by atoms with van der Waals surface area (Å²) >= 11 is 0. The summed E-state index contributed by atoms with van der Waals surface area (Å²) in [5.41, 5.74) is 0.545. The van der Waals surface area contributed by atoms with Gasteiger partial charge in [0, 0.05) is 38.2 Å². The first-order valence-corrected chi connectivity index (χ1v) is 8.15. The van der Waals surface area contributed by atoms with E-state index in [0.717, 1.165) is 13.1 Å². The highest BCUT2D eigenvalue weighted by atomic mass is 127. The van der Waals surface area contributed by atoms with E-state index in [0.29, 0.717) is 31.0 Å². The predicted molar refractivity (Wildman–Crippen MR) is 107 cm³/mol. The molecule has 0 saturated carbocycles. The van der Waals surface area contributed by atoms with Crippen LogP contribution in [-0.4, -0.2) is 42.9 Å². The van der Waals surface area contributed by atoms with Gasteiger partial charge in [-0.05, 0) is 26.8 Å². The molecule has 0 aliphatic heterocycles. The van der Waals surface area contributed by atoms with Crippen molar-refractivity contribution < 1.29 is 9.18 Å². The van der Waals surface area contributed by atoms with E-state index in [9.17, 15) is 9.18 Å². The summed E-state index contributed by atoms with van der Waals surface area (Å²) in [4.78, 5) is 18.1. The molecule has 0 unspecified atom stereocenters. The number of guanidine groups is 1. The van der Waals surface area contributed by atoms with E-state index in [1.165, 1.54) is 6.07 Å². The zero-order chi connectivity index (χ0) is 17.1. The van der Waals surface area contributed by atoms with Gasteiger partial charge >= 0.3 is 0 Å². The number of nitrogens with one attached hydrogen (secondary N) is 2. The summed E-state index contributed by atoms with van der Waals surface area (Å²) < 4.78 is 13.6. The SMILES string of the molecule is CCNC(=NCc1ccccc1F)NCCC(=O)N(CC)CC.I. The molecule has 0 heterocycles. The lowest BCUT2D eigenvalue weighted by Crippen LogP contribution is -2.40. The van der Waals surface area contributed by atoms with Crippen LogP contribution in [0.4, 0.5) is 4.39 Å². The molecule has 1 amide bonds. The third kappa shape index (κ3) is 7.94. The largest absolute Gasteiger partial charge is 0.357 e. The third-order valence-corrected chi connectivity index (χ3v) is 3.46.